The van der Waals surface area contributed by atoms with Crippen molar-refractivity contribution in [1.29, 1.82) is 0 Å². The van der Waals surface area contributed by atoms with Gasteiger partial charge in [-0.05, 0) is 75.9 Å². The van der Waals surface area contributed by atoms with Crippen LogP contribution in [0.5, 0.6) is 11.5 Å². The Morgan fingerprint density at radius 3 is 2.44 bits per heavy atom. The van der Waals surface area contributed by atoms with Crippen molar-refractivity contribution in [2.24, 2.45) is 17.8 Å². The molecule has 41 heavy (non-hydrogen) atoms. The molecule has 0 radical (unpaired) electrons. The summed E-state index contributed by atoms with van der Waals surface area (Å²) >= 11 is 0. The van der Waals surface area contributed by atoms with E-state index in [0.717, 1.165) is 5.57 Å². The normalized spacial score (nSPS) is 25.4. The molecular formula is C33H29NO7. The Hall–Kier alpha value is -4.59. The van der Waals surface area contributed by atoms with Gasteiger partial charge >= 0.3 is 0 Å². The number of nitrogens with zero attached hydrogens (tertiary/aromatic N) is 1. The predicted molar refractivity (Wildman–Crippen MR) is 150 cm³/mol. The van der Waals surface area contributed by atoms with E-state index in [9.17, 15) is 29.1 Å². The van der Waals surface area contributed by atoms with Crippen LogP contribution in [0.4, 0.5) is 5.69 Å². The highest BCUT2D eigenvalue weighted by Gasteiger charge is 2.56. The van der Waals surface area contributed by atoms with Gasteiger partial charge in [0.05, 0.1) is 24.1 Å². The Morgan fingerprint density at radius 2 is 1.76 bits per heavy atom. The van der Waals surface area contributed by atoms with Crippen molar-refractivity contribution in [2.75, 3.05) is 11.5 Å². The van der Waals surface area contributed by atoms with Crippen molar-refractivity contribution in [3.63, 3.8) is 0 Å². The summed E-state index contributed by atoms with van der Waals surface area (Å²) < 4.78 is 5.62. The standard InChI is InChI=1S/C33H29NO7/c1-4-41-26-7-5-6-21(31(26)38)27-20-12-13-22-28(23(20)15-24-25(36)14-16(2)30(37)29(24)27)33(40)34(32(22)39)19-10-8-18(9-11-19)17(3)35/h5-12,14,22-23,27-28,38H,4,13,15H2,1-3H3/t22-,23+,27+,28-/m0/s1. The molecule has 0 spiro atoms. The lowest BCUT2D eigenvalue weighted by Gasteiger charge is -2.42. The van der Waals surface area contributed by atoms with Gasteiger partial charge in [0.2, 0.25) is 11.8 Å². The largest absolute Gasteiger partial charge is 0.504 e. The van der Waals surface area contributed by atoms with E-state index in [4.69, 9.17) is 4.74 Å². The Labute approximate surface area is 237 Å². The molecule has 8 nitrogen and oxygen atoms in total. The van der Waals surface area contributed by atoms with Crippen molar-refractivity contribution in [3.05, 3.63) is 88.0 Å². The van der Waals surface area contributed by atoms with Crippen molar-refractivity contribution in [1.82, 2.24) is 0 Å². The van der Waals surface area contributed by atoms with Gasteiger partial charge in [0.25, 0.3) is 0 Å². The van der Waals surface area contributed by atoms with E-state index in [1.54, 1.807) is 56.3 Å². The second kappa shape index (κ2) is 9.80. The molecule has 2 aromatic carbocycles. The summed E-state index contributed by atoms with van der Waals surface area (Å²) in [6, 6.07) is 11.4. The topological polar surface area (TPSA) is 118 Å². The van der Waals surface area contributed by atoms with Gasteiger partial charge in [0, 0.05) is 33.8 Å². The monoisotopic (exact) mass is 551 g/mol. The summed E-state index contributed by atoms with van der Waals surface area (Å²) in [4.78, 5) is 67.4. The molecule has 4 atom stereocenters. The number of imide groups is 1. The number of hydrogen-bond donors (Lipinski definition) is 1. The van der Waals surface area contributed by atoms with Crippen LogP contribution in [0.3, 0.4) is 0 Å². The number of carbonyl (C=O) groups is 5. The summed E-state index contributed by atoms with van der Waals surface area (Å²) in [5.74, 6) is -3.89. The Kier molecular flexibility index (Phi) is 6.36. The number of ketones is 3. The maximum atomic E-state index is 14.0. The maximum absolute atomic E-state index is 14.0. The number of anilines is 1. The quantitative estimate of drug-likeness (QED) is 0.249. The fourth-order valence-corrected chi connectivity index (χ4v) is 6.86. The Balaban J connectivity index is 1.47. The molecule has 208 valence electrons. The van der Waals surface area contributed by atoms with Crippen molar-refractivity contribution < 1.29 is 33.8 Å². The summed E-state index contributed by atoms with van der Waals surface area (Å²) in [6.45, 7) is 5.17. The number of para-hydroxylation sites is 1. The number of rotatable bonds is 5. The van der Waals surface area contributed by atoms with Crippen LogP contribution in [-0.4, -0.2) is 40.9 Å². The molecule has 1 aliphatic heterocycles. The maximum Gasteiger partial charge on any atom is 0.238 e. The van der Waals surface area contributed by atoms with E-state index in [0.29, 0.717) is 40.1 Å². The van der Waals surface area contributed by atoms with Crippen LogP contribution in [0, 0.1) is 17.8 Å². The number of allylic oxidation sites excluding steroid dienone is 6. The third-order valence-corrected chi connectivity index (χ3v) is 8.74. The van der Waals surface area contributed by atoms with Crippen LogP contribution in [0.15, 0.2) is 76.9 Å². The fraction of sp³-hybridized carbons (Fsp3) is 0.303. The van der Waals surface area contributed by atoms with Gasteiger partial charge < -0.3 is 9.84 Å². The highest BCUT2D eigenvalue weighted by atomic mass is 16.5. The Morgan fingerprint density at radius 1 is 1.02 bits per heavy atom. The molecule has 8 heteroatoms. The van der Waals surface area contributed by atoms with Gasteiger partial charge in [-0.1, -0.05) is 23.8 Å². The summed E-state index contributed by atoms with van der Waals surface area (Å²) in [6.07, 6.45) is 3.67. The van der Waals surface area contributed by atoms with Gasteiger partial charge in [-0.2, -0.15) is 0 Å². The first-order chi connectivity index (χ1) is 19.6. The number of ether oxygens (including phenoxy) is 1. The second-order valence-electron chi connectivity index (χ2n) is 11.0. The molecule has 0 aromatic heterocycles. The van der Waals surface area contributed by atoms with Gasteiger partial charge in [0.1, 0.15) is 0 Å². The minimum absolute atomic E-state index is 0.122. The molecular weight excluding hydrogens is 522 g/mol. The number of fused-ring (bicyclic) bond motifs is 3. The number of Topliss-reactive ketones (excluding diaryl/α,β-unsaturated/α-hetero) is 2. The average Bonchev–Trinajstić information content (AvgIpc) is 3.21. The zero-order valence-electron chi connectivity index (χ0n) is 23.0. The molecule has 1 fully saturated rings. The van der Waals surface area contributed by atoms with E-state index >= 15 is 0 Å². The number of aromatic hydroxyl groups is 1. The zero-order valence-corrected chi connectivity index (χ0v) is 23.0. The molecule has 2 aromatic rings. The SMILES string of the molecule is CCOc1cccc([C@H]2C3=CC[C@@H]4C(=O)N(c5ccc(C(C)=O)cc5)C(=O)[C@@H]4[C@@H]3CC3=C2C(=O)C(C)=CC3=O)c1O. The van der Waals surface area contributed by atoms with Gasteiger partial charge in [0.15, 0.2) is 28.8 Å². The number of carbonyl (C=O) groups excluding carboxylic acids is 5. The van der Waals surface area contributed by atoms with Gasteiger partial charge in [-0.25, -0.2) is 0 Å². The minimum Gasteiger partial charge on any atom is -0.504 e. The lowest BCUT2D eigenvalue weighted by atomic mass is 9.59. The van der Waals surface area contributed by atoms with Crippen LogP contribution in [0.1, 0.15) is 55.5 Å². The molecule has 6 rings (SSSR count). The first-order valence-corrected chi connectivity index (χ1v) is 13.8. The van der Waals surface area contributed by atoms with Crippen molar-refractivity contribution in [3.8, 4) is 11.5 Å². The van der Waals surface area contributed by atoms with Gasteiger partial charge in [-0.15, -0.1) is 0 Å². The summed E-state index contributed by atoms with van der Waals surface area (Å²) in [7, 11) is 0. The van der Waals surface area contributed by atoms with Crippen molar-refractivity contribution >= 4 is 34.9 Å². The lowest BCUT2D eigenvalue weighted by Crippen LogP contribution is -2.39. The third-order valence-electron chi connectivity index (χ3n) is 8.74. The molecule has 0 saturated carbocycles. The molecule has 3 aliphatic carbocycles. The minimum atomic E-state index is -0.767. The highest BCUT2D eigenvalue weighted by Crippen LogP contribution is 2.57. The van der Waals surface area contributed by atoms with E-state index < -0.39 is 23.7 Å². The van der Waals surface area contributed by atoms with E-state index in [1.165, 1.54) is 17.9 Å². The number of hydrogen-bond acceptors (Lipinski definition) is 7. The number of phenolic OH excluding ortho intramolecular Hbond substituents is 1. The summed E-state index contributed by atoms with van der Waals surface area (Å²) in [5.41, 5.74) is 2.98. The third kappa shape index (κ3) is 4.00. The molecule has 1 heterocycles. The summed E-state index contributed by atoms with van der Waals surface area (Å²) in [5, 5.41) is 11.3. The molecule has 0 unspecified atom stereocenters. The van der Waals surface area contributed by atoms with E-state index in [2.05, 4.69) is 0 Å². The first kappa shape index (κ1) is 26.6. The van der Waals surface area contributed by atoms with Crippen LogP contribution >= 0.6 is 0 Å². The molecule has 0 bridgehead atoms. The smallest absolute Gasteiger partial charge is 0.238 e. The number of amides is 2. The van der Waals surface area contributed by atoms with Crippen molar-refractivity contribution in [2.45, 2.75) is 39.5 Å². The fourth-order valence-electron chi connectivity index (χ4n) is 6.86. The van der Waals surface area contributed by atoms with Crippen LogP contribution in [0.2, 0.25) is 0 Å². The van der Waals surface area contributed by atoms with Gasteiger partial charge in [-0.3, -0.25) is 28.9 Å². The molecule has 1 saturated heterocycles. The van der Waals surface area contributed by atoms with E-state index in [-0.39, 0.29) is 53.5 Å². The van der Waals surface area contributed by atoms with Crippen LogP contribution in [0.25, 0.3) is 0 Å². The Bertz CT molecular complexity index is 1640. The predicted octanol–water partition coefficient (Wildman–Crippen LogP) is 4.63. The number of phenols is 1. The molecule has 2 amide bonds. The molecule has 1 N–H and O–H groups in total. The number of benzene rings is 2. The lowest BCUT2D eigenvalue weighted by molar-refractivity contribution is -0.123. The molecule has 4 aliphatic rings. The zero-order chi connectivity index (χ0) is 29.2. The average molecular weight is 552 g/mol. The second-order valence-corrected chi connectivity index (χ2v) is 11.0. The van der Waals surface area contributed by atoms with Crippen LogP contribution in [-0.2, 0) is 19.2 Å². The van der Waals surface area contributed by atoms with Crippen LogP contribution < -0.4 is 9.64 Å². The van der Waals surface area contributed by atoms with E-state index in [1.807, 2.05) is 6.08 Å². The highest BCUT2D eigenvalue weighted by molar-refractivity contribution is 6.25. The first-order valence-electron chi connectivity index (χ1n) is 13.8.